The maximum absolute atomic E-state index is 13.1. The number of carbonyl (C=O) groups excluding carboxylic acids is 3. The predicted molar refractivity (Wildman–Crippen MR) is 127 cm³/mol. The number of fused-ring (bicyclic) bond motifs is 1. The van der Waals surface area contributed by atoms with Crippen molar-refractivity contribution >= 4 is 58.5 Å². The third-order valence-corrected chi connectivity index (χ3v) is 6.63. The van der Waals surface area contributed by atoms with Gasteiger partial charge in [0, 0.05) is 23.6 Å². The van der Waals surface area contributed by atoms with Crippen LogP contribution < -0.4 is 0 Å². The zero-order valence-electron chi connectivity index (χ0n) is 19.4. The van der Waals surface area contributed by atoms with Crippen LogP contribution in [0.3, 0.4) is 0 Å². The molecule has 0 saturated carbocycles. The molecule has 3 aliphatic heterocycles. The van der Waals surface area contributed by atoms with E-state index in [-0.39, 0.29) is 17.8 Å². The fourth-order valence-electron chi connectivity index (χ4n) is 4.26. The summed E-state index contributed by atoms with van der Waals surface area (Å²) in [6.45, 7) is 4.15. The van der Waals surface area contributed by atoms with Crippen LogP contribution in [0.15, 0.2) is 41.5 Å². The van der Waals surface area contributed by atoms with E-state index in [0.717, 1.165) is 4.90 Å². The molecule has 3 aliphatic rings. The van der Waals surface area contributed by atoms with Crippen LogP contribution in [-0.4, -0.2) is 69.6 Å². The van der Waals surface area contributed by atoms with Crippen molar-refractivity contribution in [2.24, 2.45) is 0 Å². The molecular formula is C23H23Cl3N2O8. The zero-order chi connectivity index (χ0) is 26.4. The number of carbonyl (C=O) groups is 3. The van der Waals surface area contributed by atoms with Gasteiger partial charge in [0.2, 0.25) is 12.2 Å². The molecule has 2 amide bonds. The number of imide groups is 1. The number of amides is 2. The van der Waals surface area contributed by atoms with Gasteiger partial charge < -0.3 is 23.7 Å². The molecule has 0 radical (unpaired) electrons. The number of esters is 1. The lowest BCUT2D eigenvalue weighted by Crippen LogP contribution is -2.69. The number of nitrogens with one attached hydrogen (secondary N) is 1. The number of halogens is 3. The van der Waals surface area contributed by atoms with Gasteiger partial charge >= 0.3 is 5.97 Å². The number of nitrogens with zero attached hydrogens (tertiary/aromatic N) is 1. The molecule has 13 heteroatoms. The van der Waals surface area contributed by atoms with Crippen LogP contribution in [0.2, 0.25) is 0 Å². The highest BCUT2D eigenvalue weighted by molar-refractivity contribution is 6.76. The van der Waals surface area contributed by atoms with Crippen LogP contribution in [0, 0.1) is 5.41 Å². The second kappa shape index (κ2) is 10.3. The number of hydrogen-bond donors (Lipinski definition) is 1. The number of ether oxygens (including phenoxy) is 5. The van der Waals surface area contributed by atoms with Crippen molar-refractivity contribution in [2.75, 3.05) is 6.61 Å². The first-order chi connectivity index (χ1) is 16.9. The number of alkyl halides is 3. The zero-order valence-corrected chi connectivity index (χ0v) is 21.7. The summed E-state index contributed by atoms with van der Waals surface area (Å²) in [5, 5.41) is 8.03. The SMILES string of the molecule is CC(=O)O[C@H]1[C@@H]2O[C@H](c3ccccc3)OC[C@H]2O[C@@H](OC(=N)C(Cl)(Cl)Cl)[C@@H]1N1C(=O)C(C)=C(C)C1=O. The minimum Gasteiger partial charge on any atom is -0.457 e. The molecule has 0 unspecified atom stereocenters. The van der Waals surface area contributed by atoms with Crippen molar-refractivity contribution in [1.29, 1.82) is 5.41 Å². The van der Waals surface area contributed by atoms with Crippen molar-refractivity contribution in [2.45, 2.75) is 61.5 Å². The Labute approximate surface area is 221 Å². The fraction of sp³-hybridized carbons (Fsp3) is 0.478. The minimum atomic E-state index is -2.26. The first kappa shape index (κ1) is 26.8. The second-order valence-electron chi connectivity index (χ2n) is 8.46. The smallest absolute Gasteiger partial charge is 0.303 e. The highest BCUT2D eigenvalue weighted by Crippen LogP contribution is 2.40. The number of hydrogen-bond acceptors (Lipinski definition) is 9. The molecule has 2 saturated heterocycles. The molecule has 0 aromatic heterocycles. The molecule has 2 fully saturated rings. The van der Waals surface area contributed by atoms with E-state index in [1.807, 2.05) is 18.2 Å². The average molecular weight is 562 g/mol. The topological polar surface area (TPSA) is 124 Å². The fourth-order valence-corrected chi connectivity index (χ4v) is 4.40. The van der Waals surface area contributed by atoms with E-state index in [1.165, 1.54) is 20.8 Å². The normalized spacial score (nSPS) is 30.8. The number of benzene rings is 1. The van der Waals surface area contributed by atoms with Crippen LogP contribution in [0.1, 0.15) is 32.6 Å². The summed E-state index contributed by atoms with van der Waals surface area (Å²) >= 11 is 17.4. The van der Waals surface area contributed by atoms with Gasteiger partial charge in [-0.15, -0.1) is 0 Å². The van der Waals surface area contributed by atoms with E-state index in [0.29, 0.717) is 5.56 Å². The summed E-state index contributed by atoms with van der Waals surface area (Å²) in [4.78, 5) is 39.3. The summed E-state index contributed by atoms with van der Waals surface area (Å²) in [6.07, 6.45) is -5.47. The van der Waals surface area contributed by atoms with Crippen LogP contribution in [-0.2, 0) is 38.1 Å². The lowest BCUT2D eigenvalue weighted by molar-refractivity contribution is -0.342. The molecule has 1 aromatic rings. The maximum Gasteiger partial charge on any atom is 0.303 e. The molecule has 0 aliphatic carbocycles. The van der Waals surface area contributed by atoms with Gasteiger partial charge in [-0.1, -0.05) is 65.1 Å². The Kier molecular flexibility index (Phi) is 7.66. The van der Waals surface area contributed by atoms with Gasteiger partial charge in [-0.25, -0.2) is 0 Å². The predicted octanol–water partition coefficient (Wildman–Crippen LogP) is 3.20. The third kappa shape index (κ3) is 5.11. The van der Waals surface area contributed by atoms with Crippen molar-refractivity contribution in [1.82, 2.24) is 4.90 Å². The summed E-state index contributed by atoms with van der Waals surface area (Å²) < 4.78 is 26.8. The van der Waals surface area contributed by atoms with Gasteiger partial charge in [0.1, 0.15) is 18.2 Å². The van der Waals surface area contributed by atoms with Crippen molar-refractivity contribution in [3.8, 4) is 0 Å². The Morgan fingerprint density at radius 1 is 1.06 bits per heavy atom. The molecule has 194 valence electrons. The quantitative estimate of drug-likeness (QED) is 0.195. The first-order valence-corrected chi connectivity index (χ1v) is 12.1. The Morgan fingerprint density at radius 2 is 1.67 bits per heavy atom. The first-order valence-electron chi connectivity index (χ1n) is 10.9. The van der Waals surface area contributed by atoms with E-state index >= 15 is 0 Å². The summed E-state index contributed by atoms with van der Waals surface area (Å²) in [7, 11) is 0. The van der Waals surface area contributed by atoms with E-state index < -0.39 is 64.4 Å². The van der Waals surface area contributed by atoms with Crippen molar-refractivity contribution in [3.63, 3.8) is 0 Å². The van der Waals surface area contributed by atoms with Gasteiger partial charge in [-0.3, -0.25) is 24.7 Å². The maximum atomic E-state index is 13.1. The largest absolute Gasteiger partial charge is 0.457 e. The Morgan fingerprint density at radius 3 is 2.22 bits per heavy atom. The minimum absolute atomic E-state index is 0.0200. The third-order valence-electron chi connectivity index (χ3n) is 6.11. The molecule has 4 rings (SSSR count). The van der Waals surface area contributed by atoms with Gasteiger partial charge in [0.25, 0.3) is 15.6 Å². The van der Waals surface area contributed by atoms with Crippen LogP contribution in [0.4, 0.5) is 0 Å². The summed E-state index contributed by atoms with van der Waals surface area (Å²) in [6, 6.07) is 7.67. The van der Waals surface area contributed by atoms with Crippen LogP contribution in [0.5, 0.6) is 0 Å². The molecule has 0 spiro atoms. The van der Waals surface area contributed by atoms with E-state index in [4.69, 9.17) is 63.9 Å². The lowest BCUT2D eigenvalue weighted by atomic mass is 9.94. The van der Waals surface area contributed by atoms with Gasteiger partial charge in [-0.05, 0) is 13.8 Å². The molecule has 10 nitrogen and oxygen atoms in total. The molecule has 1 N–H and O–H groups in total. The lowest BCUT2D eigenvalue weighted by Gasteiger charge is -2.50. The Hall–Kier alpha value is -2.21. The summed E-state index contributed by atoms with van der Waals surface area (Å²) in [5.41, 5.74) is 1.11. The van der Waals surface area contributed by atoms with Crippen LogP contribution >= 0.6 is 34.8 Å². The number of rotatable bonds is 4. The summed E-state index contributed by atoms with van der Waals surface area (Å²) in [5.74, 6) is -2.79. The van der Waals surface area contributed by atoms with Gasteiger partial charge in [-0.2, -0.15) is 0 Å². The highest BCUT2D eigenvalue weighted by atomic mass is 35.6. The Balaban J connectivity index is 1.74. The molecule has 6 atom stereocenters. The molecule has 3 heterocycles. The second-order valence-corrected chi connectivity index (χ2v) is 10.7. The van der Waals surface area contributed by atoms with E-state index in [1.54, 1.807) is 12.1 Å². The molecule has 1 aromatic carbocycles. The van der Waals surface area contributed by atoms with Gasteiger partial charge in [0.15, 0.2) is 12.4 Å². The van der Waals surface area contributed by atoms with Gasteiger partial charge in [0.05, 0.1) is 6.61 Å². The van der Waals surface area contributed by atoms with E-state index in [2.05, 4.69) is 0 Å². The monoisotopic (exact) mass is 560 g/mol. The van der Waals surface area contributed by atoms with Crippen LogP contribution in [0.25, 0.3) is 0 Å². The highest BCUT2D eigenvalue weighted by Gasteiger charge is 2.58. The van der Waals surface area contributed by atoms with Crippen molar-refractivity contribution < 1.29 is 38.1 Å². The molecule has 36 heavy (non-hydrogen) atoms. The standard InChI is InChI=1S/C23H23Cl3N2O8/c1-10-11(2)19(31)28(18(10)30)15-17(33-12(3)29)16-14(34-21(15)36-22(27)23(24,25)26)9-32-20(35-16)13-7-5-4-6-8-13/h4-8,14-17,20-21,27H,9H2,1-3H3/t14-,15-,16-,17-,20-,21+/m1/s1. The molecule has 0 bridgehead atoms. The Bertz CT molecular complexity index is 1080. The van der Waals surface area contributed by atoms with Crippen molar-refractivity contribution in [3.05, 3.63) is 47.0 Å². The average Bonchev–Trinajstić information content (AvgIpc) is 3.01. The molecular weight excluding hydrogens is 539 g/mol. The van der Waals surface area contributed by atoms with E-state index in [9.17, 15) is 14.4 Å².